The molecule has 1 aromatic carbocycles. The third-order valence-corrected chi connectivity index (χ3v) is 3.24. The molecule has 0 radical (unpaired) electrons. The fourth-order valence-corrected chi connectivity index (χ4v) is 2.25. The van der Waals surface area contributed by atoms with Gasteiger partial charge in [0, 0.05) is 5.92 Å². The van der Waals surface area contributed by atoms with Crippen LogP contribution in [-0.2, 0) is 27.2 Å². The van der Waals surface area contributed by atoms with Crippen molar-refractivity contribution in [3.05, 3.63) is 29.3 Å². The van der Waals surface area contributed by atoms with Crippen molar-refractivity contribution >= 4 is 12.3 Å². The van der Waals surface area contributed by atoms with Gasteiger partial charge >= 0.3 is 5.97 Å². The second-order valence-corrected chi connectivity index (χ2v) is 4.40. The number of rotatable bonds is 4. The number of esters is 1. The molecule has 0 saturated heterocycles. The molecule has 1 aliphatic rings. The highest BCUT2D eigenvalue weighted by Crippen LogP contribution is 2.31. The minimum atomic E-state index is -0.394. The van der Waals surface area contributed by atoms with Crippen LogP contribution in [0, 0.1) is 5.92 Å². The van der Waals surface area contributed by atoms with E-state index in [0.29, 0.717) is 0 Å². The standard InChI is InChI=1S/C14H16O4/c1-17-14(16)9-18-13-4-2-3-11-7-10(8-15)5-6-12(11)13/h2-4,8,10H,5-7,9H2,1H3. The van der Waals surface area contributed by atoms with E-state index < -0.39 is 5.97 Å². The number of fused-ring (bicyclic) bond motifs is 1. The Morgan fingerprint density at radius 1 is 1.50 bits per heavy atom. The van der Waals surface area contributed by atoms with Crippen molar-refractivity contribution in [2.24, 2.45) is 5.92 Å². The molecule has 1 aromatic rings. The Bertz CT molecular complexity index is 453. The van der Waals surface area contributed by atoms with Crippen molar-refractivity contribution in [3.8, 4) is 5.75 Å². The zero-order valence-corrected chi connectivity index (χ0v) is 10.3. The van der Waals surface area contributed by atoms with Gasteiger partial charge in [-0.1, -0.05) is 12.1 Å². The van der Waals surface area contributed by atoms with Gasteiger partial charge in [0.25, 0.3) is 0 Å². The van der Waals surface area contributed by atoms with Crippen LogP contribution >= 0.6 is 0 Å². The van der Waals surface area contributed by atoms with Gasteiger partial charge in [-0.3, -0.25) is 0 Å². The van der Waals surface area contributed by atoms with Crippen molar-refractivity contribution in [2.45, 2.75) is 19.3 Å². The van der Waals surface area contributed by atoms with Crippen LogP contribution in [0.15, 0.2) is 18.2 Å². The average molecular weight is 248 g/mol. The summed E-state index contributed by atoms with van der Waals surface area (Å²) in [5, 5.41) is 0. The Hall–Kier alpha value is -1.84. The van der Waals surface area contributed by atoms with Crippen molar-refractivity contribution < 1.29 is 19.1 Å². The van der Waals surface area contributed by atoms with Crippen molar-refractivity contribution in [1.29, 1.82) is 0 Å². The lowest BCUT2D eigenvalue weighted by Gasteiger charge is -2.22. The maximum atomic E-state index is 11.1. The quantitative estimate of drug-likeness (QED) is 0.599. The van der Waals surface area contributed by atoms with E-state index in [1.807, 2.05) is 18.2 Å². The number of carbonyl (C=O) groups excluding carboxylic acids is 2. The van der Waals surface area contributed by atoms with E-state index >= 15 is 0 Å². The van der Waals surface area contributed by atoms with Crippen molar-refractivity contribution in [2.75, 3.05) is 13.7 Å². The first-order valence-electron chi connectivity index (χ1n) is 6.00. The Kier molecular flexibility index (Phi) is 3.97. The molecular weight excluding hydrogens is 232 g/mol. The molecule has 1 aliphatic carbocycles. The zero-order chi connectivity index (χ0) is 13.0. The summed E-state index contributed by atoms with van der Waals surface area (Å²) < 4.78 is 10.0. The fraction of sp³-hybridized carbons (Fsp3) is 0.429. The number of benzene rings is 1. The number of hydrogen-bond donors (Lipinski definition) is 0. The second-order valence-electron chi connectivity index (χ2n) is 4.40. The van der Waals surface area contributed by atoms with Gasteiger partial charge in [0.1, 0.15) is 12.0 Å². The largest absolute Gasteiger partial charge is 0.482 e. The van der Waals surface area contributed by atoms with E-state index in [-0.39, 0.29) is 12.5 Å². The van der Waals surface area contributed by atoms with Gasteiger partial charge in [0.2, 0.25) is 0 Å². The van der Waals surface area contributed by atoms with Crippen LogP contribution in [-0.4, -0.2) is 26.0 Å². The molecule has 1 atom stereocenters. The third-order valence-electron chi connectivity index (χ3n) is 3.24. The number of hydrogen-bond acceptors (Lipinski definition) is 4. The SMILES string of the molecule is COC(=O)COc1cccc2c1CCC(C=O)C2. The molecule has 0 heterocycles. The van der Waals surface area contributed by atoms with Gasteiger partial charge in [0.05, 0.1) is 7.11 Å². The lowest BCUT2D eigenvalue weighted by Crippen LogP contribution is -2.18. The molecule has 0 bridgehead atoms. The average Bonchev–Trinajstić information content (AvgIpc) is 2.43. The smallest absolute Gasteiger partial charge is 0.343 e. The van der Waals surface area contributed by atoms with E-state index in [1.54, 1.807) is 0 Å². The molecule has 4 heteroatoms. The maximum Gasteiger partial charge on any atom is 0.343 e. The summed E-state index contributed by atoms with van der Waals surface area (Å²) in [5.74, 6) is 0.435. The van der Waals surface area contributed by atoms with Crippen molar-refractivity contribution in [1.82, 2.24) is 0 Å². The number of aldehydes is 1. The summed E-state index contributed by atoms with van der Waals surface area (Å²) in [7, 11) is 1.33. The van der Waals surface area contributed by atoms with Crippen LogP contribution in [0.2, 0.25) is 0 Å². The first-order valence-corrected chi connectivity index (χ1v) is 6.00. The molecule has 1 unspecified atom stereocenters. The lowest BCUT2D eigenvalue weighted by molar-refractivity contribution is -0.142. The van der Waals surface area contributed by atoms with E-state index in [2.05, 4.69) is 4.74 Å². The van der Waals surface area contributed by atoms with Crippen LogP contribution in [0.5, 0.6) is 5.75 Å². The predicted octanol–water partition coefficient (Wildman–Crippen LogP) is 1.54. The molecule has 96 valence electrons. The summed E-state index contributed by atoms with van der Waals surface area (Å²) in [6.45, 7) is -0.0793. The molecule has 0 saturated carbocycles. The topological polar surface area (TPSA) is 52.6 Å². The Labute approximate surface area is 106 Å². The molecular formula is C14H16O4. The van der Waals surface area contributed by atoms with E-state index in [1.165, 1.54) is 7.11 Å². The second kappa shape index (κ2) is 5.67. The summed E-state index contributed by atoms with van der Waals surface area (Å²) in [6.07, 6.45) is 3.43. The molecule has 0 aliphatic heterocycles. The highest BCUT2D eigenvalue weighted by molar-refractivity contribution is 5.71. The summed E-state index contributed by atoms with van der Waals surface area (Å²) >= 11 is 0. The predicted molar refractivity (Wildman–Crippen MR) is 65.5 cm³/mol. The fourth-order valence-electron chi connectivity index (χ4n) is 2.25. The normalized spacial score (nSPS) is 17.7. The summed E-state index contributed by atoms with van der Waals surface area (Å²) in [4.78, 5) is 21.9. The third kappa shape index (κ3) is 2.70. The van der Waals surface area contributed by atoms with Gasteiger partial charge in [-0.25, -0.2) is 4.79 Å². The zero-order valence-electron chi connectivity index (χ0n) is 10.3. The van der Waals surface area contributed by atoms with Crippen LogP contribution < -0.4 is 4.74 Å². The summed E-state index contributed by atoms with van der Waals surface area (Å²) in [5.41, 5.74) is 2.25. The Balaban J connectivity index is 2.13. The van der Waals surface area contributed by atoms with E-state index in [0.717, 1.165) is 42.4 Å². The molecule has 0 amide bonds. The molecule has 4 nitrogen and oxygen atoms in total. The molecule has 0 fully saturated rings. The number of carbonyl (C=O) groups is 2. The van der Waals surface area contributed by atoms with Crippen molar-refractivity contribution in [3.63, 3.8) is 0 Å². The van der Waals surface area contributed by atoms with E-state index in [4.69, 9.17) is 4.74 Å². The molecule has 0 N–H and O–H groups in total. The van der Waals surface area contributed by atoms with E-state index in [9.17, 15) is 9.59 Å². The molecule has 0 aromatic heterocycles. The van der Waals surface area contributed by atoms with Crippen LogP contribution in [0.1, 0.15) is 17.5 Å². The maximum absolute atomic E-state index is 11.1. The number of ether oxygens (including phenoxy) is 2. The Morgan fingerprint density at radius 3 is 3.06 bits per heavy atom. The summed E-state index contributed by atoms with van der Waals surface area (Å²) in [6, 6.07) is 5.75. The first-order chi connectivity index (χ1) is 8.74. The van der Waals surface area contributed by atoms with Crippen LogP contribution in [0.25, 0.3) is 0 Å². The van der Waals surface area contributed by atoms with Gasteiger partial charge in [-0.15, -0.1) is 0 Å². The minimum Gasteiger partial charge on any atom is -0.482 e. The van der Waals surface area contributed by atoms with Gasteiger partial charge in [-0.05, 0) is 36.5 Å². The van der Waals surface area contributed by atoms with Gasteiger partial charge < -0.3 is 14.3 Å². The Morgan fingerprint density at radius 2 is 2.33 bits per heavy atom. The number of methoxy groups -OCH3 is 1. The first kappa shape index (κ1) is 12.6. The molecule has 0 spiro atoms. The van der Waals surface area contributed by atoms with Gasteiger partial charge in [-0.2, -0.15) is 0 Å². The highest BCUT2D eigenvalue weighted by Gasteiger charge is 2.21. The molecule has 18 heavy (non-hydrogen) atoms. The monoisotopic (exact) mass is 248 g/mol. The highest BCUT2D eigenvalue weighted by atomic mass is 16.6. The van der Waals surface area contributed by atoms with Gasteiger partial charge in [0.15, 0.2) is 6.61 Å². The lowest BCUT2D eigenvalue weighted by atomic mass is 9.84. The van der Waals surface area contributed by atoms with Crippen LogP contribution in [0.4, 0.5) is 0 Å². The molecule has 2 rings (SSSR count). The minimum absolute atomic E-state index is 0.0793. The van der Waals surface area contributed by atoms with Crippen LogP contribution in [0.3, 0.4) is 0 Å².